The molecule has 0 aromatic carbocycles. The minimum atomic E-state index is 0.00231. The van der Waals surface area contributed by atoms with E-state index in [1.807, 2.05) is 6.92 Å². The molecule has 0 aliphatic heterocycles. The molecule has 0 aromatic rings. The summed E-state index contributed by atoms with van der Waals surface area (Å²) in [6.07, 6.45) is 3.79. The number of rotatable bonds is 4. The Bertz CT molecular complexity index is 81.0. The first kappa shape index (κ1) is 7.03. The van der Waals surface area contributed by atoms with Crippen molar-refractivity contribution in [2.75, 3.05) is 6.61 Å². The molecule has 1 fully saturated rings. The second kappa shape index (κ2) is 3.18. The van der Waals surface area contributed by atoms with Gasteiger partial charge < -0.3 is 10.5 Å². The monoisotopic (exact) mass is 129 g/mol. The summed E-state index contributed by atoms with van der Waals surface area (Å²) in [4.78, 5) is 0. The predicted octanol–water partition coefficient (Wildman–Crippen LogP) is 1.11. The van der Waals surface area contributed by atoms with Gasteiger partial charge in [0.1, 0.15) is 6.23 Å². The molecule has 1 saturated carbocycles. The lowest BCUT2D eigenvalue weighted by Gasteiger charge is -2.09. The summed E-state index contributed by atoms with van der Waals surface area (Å²) < 4.78 is 5.17. The molecule has 0 radical (unpaired) electrons. The van der Waals surface area contributed by atoms with Gasteiger partial charge in [-0.2, -0.15) is 0 Å². The molecule has 0 bridgehead atoms. The number of ether oxygens (including phenoxy) is 1. The summed E-state index contributed by atoms with van der Waals surface area (Å²) in [5.41, 5.74) is 5.60. The molecule has 54 valence electrons. The highest BCUT2D eigenvalue weighted by atomic mass is 16.5. The lowest BCUT2D eigenvalue weighted by molar-refractivity contribution is 0.0576. The van der Waals surface area contributed by atoms with E-state index in [4.69, 9.17) is 10.5 Å². The highest BCUT2D eigenvalue weighted by Gasteiger charge is 2.23. The maximum Gasteiger partial charge on any atom is 0.105 e. The average Bonchev–Trinajstić information content (AvgIpc) is 2.50. The second-order valence-electron chi connectivity index (χ2n) is 2.67. The molecule has 0 aromatic heterocycles. The van der Waals surface area contributed by atoms with Crippen molar-refractivity contribution in [2.24, 2.45) is 11.7 Å². The van der Waals surface area contributed by atoms with E-state index in [9.17, 15) is 0 Å². The maximum atomic E-state index is 5.60. The van der Waals surface area contributed by atoms with Crippen molar-refractivity contribution in [3.05, 3.63) is 0 Å². The summed E-state index contributed by atoms with van der Waals surface area (Å²) in [7, 11) is 0. The fraction of sp³-hybridized carbons (Fsp3) is 1.00. The zero-order chi connectivity index (χ0) is 6.69. The Labute approximate surface area is 56.4 Å². The first-order valence-corrected chi connectivity index (χ1v) is 3.70. The Morgan fingerprint density at radius 1 is 1.67 bits per heavy atom. The van der Waals surface area contributed by atoms with E-state index in [0.29, 0.717) is 0 Å². The van der Waals surface area contributed by atoms with Crippen LogP contribution in [0.25, 0.3) is 0 Å². The summed E-state index contributed by atoms with van der Waals surface area (Å²) in [6.45, 7) is 2.72. The van der Waals surface area contributed by atoms with Crippen LogP contribution in [0.4, 0.5) is 0 Å². The lowest BCUT2D eigenvalue weighted by Crippen LogP contribution is -2.24. The maximum absolute atomic E-state index is 5.60. The van der Waals surface area contributed by atoms with E-state index >= 15 is 0 Å². The normalized spacial score (nSPS) is 22.0. The van der Waals surface area contributed by atoms with E-state index in [1.54, 1.807) is 0 Å². The molecule has 2 nitrogen and oxygen atoms in total. The van der Waals surface area contributed by atoms with Gasteiger partial charge in [0.25, 0.3) is 0 Å². The summed E-state index contributed by atoms with van der Waals surface area (Å²) in [5, 5.41) is 0. The van der Waals surface area contributed by atoms with Crippen LogP contribution in [-0.4, -0.2) is 12.8 Å². The van der Waals surface area contributed by atoms with Gasteiger partial charge in [0.05, 0.1) is 0 Å². The molecule has 1 atom stereocenters. The van der Waals surface area contributed by atoms with Crippen molar-refractivity contribution in [3.63, 3.8) is 0 Å². The van der Waals surface area contributed by atoms with Crippen molar-refractivity contribution in [2.45, 2.75) is 32.4 Å². The topological polar surface area (TPSA) is 35.2 Å². The quantitative estimate of drug-likeness (QED) is 0.577. The smallest absolute Gasteiger partial charge is 0.105 e. The molecule has 9 heavy (non-hydrogen) atoms. The third-order valence-corrected chi connectivity index (χ3v) is 1.64. The number of nitrogens with two attached hydrogens (primary N) is 1. The number of hydrogen-bond donors (Lipinski definition) is 1. The molecule has 1 rings (SSSR count). The summed E-state index contributed by atoms with van der Waals surface area (Å²) in [5.74, 6) is 0.881. The van der Waals surface area contributed by atoms with Crippen LogP contribution in [0.5, 0.6) is 0 Å². The third kappa shape index (κ3) is 2.82. The van der Waals surface area contributed by atoms with Crippen LogP contribution in [0.1, 0.15) is 26.2 Å². The van der Waals surface area contributed by atoms with Crippen LogP contribution in [0.3, 0.4) is 0 Å². The first-order valence-electron chi connectivity index (χ1n) is 3.70. The molecule has 1 unspecified atom stereocenters. The van der Waals surface area contributed by atoms with Crippen LogP contribution in [0.2, 0.25) is 0 Å². The van der Waals surface area contributed by atoms with Gasteiger partial charge >= 0.3 is 0 Å². The SMILES string of the molecule is CCOC(N)CC1CC1. The van der Waals surface area contributed by atoms with E-state index in [2.05, 4.69) is 0 Å². The molecule has 2 N–H and O–H groups in total. The minimum Gasteiger partial charge on any atom is -0.364 e. The molecular formula is C7H15NO. The second-order valence-corrected chi connectivity index (χ2v) is 2.67. The van der Waals surface area contributed by atoms with E-state index < -0.39 is 0 Å². The minimum absolute atomic E-state index is 0.00231. The molecule has 0 amide bonds. The molecule has 1 aliphatic carbocycles. The third-order valence-electron chi connectivity index (χ3n) is 1.64. The zero-order valence-electron chi connectivity index (χ0n) is 5.97. The van der Waals surface area contributed by atoms with Gasteiger partial charge in [-0.25, -0.2) is 0 Å². The van der Waals surface area contributed by atoms with Crippen LogP contribution in [-0.2, 0) is 4.74 Å². The average molecular weight is 129 g/mol. The highest BCUT2D eigenvalue weighted by Crippen LogP contribution is 2.33. The van der Waals surface area contributed by atoms with Gasteiger partial charge in [0, 0.05) is 6.61 Å². The molecule has 2 heteroatoms. The first-order chi connectivity index (χ1) is 4.33. The van der Waals surface area contributed by atoms with Crippen LogP contribution in [0.15, 0.2) is 0 Å². The Hall–Kier alpha value is -0.0800. The fourth-order valence-electron chi connectivity index (χ4n) is 0.964. The van der Waals surface area contributed by atoms with Crippen LogP contribution in [0, 0.1) is 5.92 Å². The zero-order valence-corrected chi connectivity index (χ0v) is 5.97. The predicted molar refractivity (Wildman–Crippen MR) is 36.9 cm³/mol. The molecule has 1 aliphatic rings. The van der Waals surface area contributed by atoms with Gasteiger partial charge in [0.15, 0.2) is 0 Å². The molecule has 0 heterocycles. The standard InChI is InChI=1S/C7H15NO/c1-2-9-7(8)5-6-3-4-6/h6-7H,2-5,8H2,1H3. The van der Waals surface area contributed by atoms with Crippen LogP contribution < -0.4 is 5.73 Å². The van der Waals surface area contributed by atoms with E-state index in [-0.39, 0.29) is 6.23 Å². The fourth-order valence-corrected chi connectivity index (χ4v) is 0.964. The van der Waals surface area contributed by atoms with E-state index in [1.165, 1.54) is 12.8 Å². The number of hydrogen-bond acceptors (Lipinski definition) is 2. The molecule has 0 saturated heterocycles. The van der Waals surface area contributed by atoms with Gasteiger partial charge in [-0.05, 0) is 19.3 Å². The van der Waals surface area contributed by atoms with Gasteiger partial charge in [-0.15, -0.1) is 0 Å². The Morgan fingerprint density at radius 3 is 2.78 bits per heavy atom. The lowest BCUT2D eigenvalue weighted by atomic mass is 10.3. The van der Waals surface area contributed by atoms with E-state index in [0.717, 1.165) is 18.9 Å². The van der Waals surface area contributed by atoms with Gasteiger partial charge in [-0.1, -0.05) is 12.8 Å². The Kier molecular flexibility index (Phi) is 2.49. The Balaban J connectivity index is 1.95. The van der Waals surface area contributed by atoms with Crippen molar-refractivity contribution in [1.82, 2.24) is 0 Å². The van der Waals surface area contributed by atoms with Crippen LogP contribution >= 0.6 is 0 Å². The van der Waals surface area contributed by atoms with Crippen molar-refractivity contribution < 1.29 is 4.74 Å². The van der Waals surface area contributed by atoms with Crippen molar-refractivity contribution in [3.8, 4) is 0 Å². The van der Waals surface area contributed by atoms with Gasteiger partial charge in [0.2, 0.25) is 0 Å². The molecule has 0 spiro atoms. The largest absolute Gasteiger partial charge is 0.364 e. The molecular weight excluding hydrogens is 114 g/mol. The highest BCUT2D eigenvalue weighted by molar-refractivity contribution is 4.74. The van der Waals surface area contributed by atoms with Crippen molar-refractivity contribution >= 4 is 0 Å². The Morgan fingerprint density at radius 2 is 2.33 bits per heavy atom. The van der Waals surface area contributed by atoms with Crippen molar-refractivity contribution in [1.29, 1.82) is 0 Å². The summed E-state index contributed by atoms with van der Waals surface area (Å²) >= 11 is 0. The summed E-state index contributed by atoms with van der Waals surface area (Å²) in [6, 6.07) is 0. The van der Waals surface area contributed by atoms with Gasteiger partial charge in [-0.3, -0.25) is 0 Å².